The summed E-state index contributed by atoms with van der Waals surface area (Å²) in [5.41, 5.74) is -1.17. The van der Waals surface area contributed by atoms with Crippen molar-refractivity contribution in [2.75, 3.05) is 0 Å². The Hall–Kier alpha value is -0.450. The summed E-state index contributed by atoms with van der Waals surface area (Å²) in [6.07, 6.45) is 10.6. The molecule has 2 saturated heterocycles. The fourth-order valence-electron chi connectivity index (χ4n) is 11.5. The van der Waals surface area contributed by atoms with E-state index in [0.717, 1.165) is 32.1 Å². The van der Waals surface area contributed by atoms with Crippen molar-refractivity contribution >= 4 is 5.78 Å². The van der Waals surface area contributed by atoms with Crippen LogP contribution >= 0.6 is 0 Å². The van der Waals surface area contributed by atoms with E-state index in [9.17, 15) is 9.90 Å². The Morgan fingerprint density at radius 3 is 2.06 bits per heavy atom. The maximum absolute atomic E-state index is 12.9. The summed E-state index contributed by atoms with van der Waals surface area (Å²) < 4.78 is 13.8. The van der Waals surface area contributed by atoms with Crippen LogP contribution in [0.4, 0.5) is 0 Å². The molecule has 9 atom stereocenters. The Morgan fingerprint density at radius 1 is 0.765 bits per heavy atom. The van der Waals surface area contributed by atoms with Gasteiger partial charge in [0.05, 0.1) is 5.60 Å². The number of Topliss-reactive ketones (excluding diaryl/α,β-unsaturated/α-hetero) is 1. The molecule has 4 heteroatoms. The van der Waals surface area contributed by atoms with E-state index in [0.29, 0.717) is 23.5 Å². The molecule has 6 fully saturated rings. The molecule has 0 amide bonds. The lowest BCUT2D eigenvalue weighted by atomic mass is 9.35. The zero-order chi connectivity index (χ0) is 24.8. The second-order valence-corrected chi connectivity index (χ2v) is 15.4. The maximum Gasteiger partial charge on any atom is 0.198 e. The summed E-state index contributed by atoms with van der Waals surface area (Å²) in [6, 6.07) is 0. The maximum atomic E-state index is 12.9. The number of hydrogen-bond acceptors (Lipinski definition) is 4. The quantitative estimate of drug-likeness (QED) is 0.478. The van der Waals surface area contributed by atoms with Gasteiger partial charge in [-0.25, -0.2) is 0 Å². The molecule has 0 radical (unpaired) electrons. The lowest BCUT2D eigenvalue weighted by Crippen LogP contribution is -2.66. The molecule has 0 aromatic carbocycles. The van der Waals surface area contributed by atoms with Crippen molar-refractivity contribution in [1.29, 1.82) is 0 Å². The van der Waals surface area contributed by atoms with Gasteiger partial charge in [-0.05, 0) is 106 Å². The van der Waals surface area contributed by atoms with Gasteiger partial charge in [0, 0.05) is 18.3 Å². The average molecular weight is 473 g/mol. The van der Waals surface area contributed by atoms with Gasteiger partial charge in [0.1, 0.15) is 17.0 Å². The summed E-state index contributed by atoms with van der Waals surface area (Å²) >= 11 is 0. The van der Waals surface area contributed by atoms with Gasteiger partial charge in [-0.1, -0.05) is 34.6 Å². The van der Waals surface area contributed by atoms with Gasteiger partial charge in [-0.2, -0.15) is 0 Å². The number of carbonyl (C=O) groups excluding carboxylic acids is 1. The minimum absolute atomic E-state index is 0.188. The fraction of sp³-hybridized carbons (Fsp3) is 0.967. The van der Waals surface area contributed by atoms with E-state index in [4.69, 9.17) is 9.47 Å². The second-order valence-electron chi connectivity index (χ2n) is 15.4. The zero-order valence-corrected chi connectivity index (χ0v) is 23.0. The van der Waals surface area contributed by atoms with Crippen molar-refractivity contribution in [2.45, 2.75) is 142 Å². The zero-order valence-electron chi connectivity index (χ0n) is 23.0. The van der Waals surface area contributed by atoms with Crippen LogP contribution in [0.3, 0.4) is 0 Å². The molecule has 6 aliphatic rings. The van der Waals surface area contributed by atoms with Crippen LogP contribution in [0, 0.1) is 39.4 Å². The summed E-state index contributed by atoms with van der Waals surface area (Å²) in [7, 11) is 0. The number of rotatable bonds is 1. The van der Waals surface area contributed by atoms with Crippen molar-refractivity contribution in [3.8, 4) is 0 Å². The largest absolute Gasteiger partial charge is 0.385 e. The summed E-state index contributed by atoms with van der Waals surface area (Å²) in [5.74, 6) is 1.21. The molecule has 9 unspecified atom stereocenters. The molecule has 4 saturated carbocycles. The number of fused-ring (bicyclic) bond motifs is 9. The van der Waals surface area contributed by atoms with Crippen molar-refractivity contribution in [3.63, 3.8) is 0 Å². The van der Waals surface area contributed by atoms with Crippen molar-refractivity contribution in [3.05, 3.63) is 0 Å². The van der Waals surface area contributed by atoms with E-state index in [2.05, 4.69) is 41.5 Å². The van der Waals surface area contributed by atoms with Crippen molar-refractivity contribution in [1.82, 2.24) is 0 Å². The minimum Gasteiger partial charge on any atom is -0.385 e. The highest BCUT2D eigenvalue weighted by molar-refractivity contribution is 5.85. The van der Waals surface area contributed by atoms with E-state index in [1.54, 1.807) is 0 Å². The smallest absolute Gasteiger partial charge is 0.198 e. The molecule has 192 valence electrons. The van der Waals surface area contributed by atoms with Gasteiger partial charge in [0.25, 0.3) is 0 Å². The van der Waals surface area contributed by atoms with Gasteiger partial charge in [0.15, 0.2) is 5.79 Å². The van der Waals surface area contributed by atoms with Crippen LogP contribution in [0.15, 0.2) is 0 Å². The first kappa shape index (κ1) is 23.9. The molecule has 4 nitrogen and oxygen atoms in total. The van der Waals surface area contributed by atoms with E-state index < -0.39 is 11.4 Å². The third-order valence-electron chi connectivity index (χ3n) is 13.7. The number of ether oxygens (including phenoxy) is 2. The molecule has 6 rings (SSSR count). The molecule has 1 N–H and O–H groups in total. The predicted octanol–water partition coefficient (Wildman–Crippen LogP) is 6.43. The summed E-state index contributed by atoms with van der Waals surface area (Å²) in [5, 5.41) is 11.1. The fourth-order valence-corrected chi connectivity index (χ4v) is 11.5. The number of carbonyl (C=O) groups is 1. The number of hydrogen-bond donors (Lipinski definition) is 1. The van der Waals surface area contributed by atoms with Gasteiger partial charge < -0.3 is 14.6 Å². The van der Waals surface area contributed by atoms with Gasteiger partial charge in [0.2, 0.25) is 0 Å². The van der Waals surface area contributed by atoms with Crippen LogP contribution in [0.5, 0.6) is 0 Å². The van der Waals surface area contributed by atoms with Crippen LogP contribution in [0.1, 0.15) is 120 Å². The minimum atomic E-state index is -1.01. The van der Waals surface area contributed by atoms with E-state index in [1.807, 2.05) is 13.8 Å². The topological polar surface area (TPSA) is 55.8 Å². The van der Waals surface area contributed by atoms with E-state index in [-0.39, 0.29) is 32.9 Å². The lowest BCUT2D eigenvalue weighted by Gasteiger charge is -2.69. The van der Waals surface area contributed by atoms with Crippen LogP contribution in [0.2, 0.25) is 0 Å². The van der Waals surface area contributed by atoms with E-state index >= 15 is 0 Å². The first-order chi connectivity index (χ1) is 15.5. The third-order valence-corrected chi connectivity index (χ3v) is 13.7. The Morgan fingerprint density at radius 2 is 1.41 bits per heavy atom. The highest BCUT2D eigenvalue weighted by atomic mass is 16.8. The summed E-state index contributed by atoms with van der Waals surface area (Å²) in [6.45, 7) is 18.2. The lowest BCUT2D eigenvalue weighted by molar-refractivity contribution is -0.283. The average Bonchev–Trinajstić information content (AvgIpc) is 3.32. The Balaban J connectivity index is 1.40. The van der Waals surface area contributed by atoms with Crippen LogP contribution in [-0.4, -0.2) is 33.5 Å². The van der Waals surface area contributed by atoms with Crippen LogP contribution in [0.25, 0.3) is 0 Å². The van der Waals surface area contributed by atoms with E-state index in [1.165, 1.54) is 32.1 Å². The molecule has 2 aliphatic heterocycles. The highest BCUT2D eigenvalue weighted by Gasteiger charge is 2.80. The SMILES string of the molecule is CC1(C)C(=O)CCC2(C)C1CCC1(C)C2CCC2C1(C)CCC21OC2(C(C)(C)O)CCC1(C)O2. The van der Waals surface area contributed by atoms with Gasteiger partial charge in [-0.3, -0.25) is 4.79 Å². The molecule has 2 bridgehead atoms. The first-order valence-electron chi connectivity index (χ1n) is 14.2. The number of ketones is 1. The molecular weight excluding hydrogens is 424 g/mol. The molecule has 0 aromatic rings. The summed E-state index contributed by atoms with van der Waals surface area (Å²) in [4.78, 5) is 12.9. The van der Waals surface area contributed by atoms with Crippen LogP contribution in [-0.2, 0) is 14.3 Å². The molecule has 1 spiro atoms. The van der Waals surface area contributed by atoms with Crippen molar-refractivity contribution in [2.24, 2.45) is 39.4 Å². The Kier molecular flexibility index (Phi) is 4.45. The predicted molar refractivity (Wildman–Crippen MR) is 132 cm³/mol. The standard InChI is InChI=1S/C30H48O4/c1-23(2)19-11-14-26(6)20(25(19,5)13-12-22(23)31)9-10-21-27(26,7)15-17-29(21)28(8)16-18-30(33-28,34-29)24(3,4)32/h19-21,32H,9-18H2,1-8H3. The highest BCUT2D eigenvalue weighted by Crippen LogP contribution is 2.79. The van der Waals surface area contributed by atoms with Crippen LogP contribution < -0.4 is 0 Å². The molecule has 2 heterocycles. The molecule has 34 heavy (non-hydrogen) atoms. The molecular formula is C30H48O4. The Bertz CT molecular complexity index is 935. The van der Waals surface area contributed by atoms with Crippen molar-refractivity contribution < 1.29 is 19.4 Å². The van der Waals surface area contributed by atoms with Gasteiger partial charge in [-0.15, -0.1) is 0 Å². The molecule has 0 aromatic heterocycles. The normalized spacial score (nSPS) is 58.0. The third kappa shape index (κ3) is 2.37. The number of aliphatic hydroxyl groups is 1. The Labute approximate surface area is 206 Å². The monoisotopic (exact) mass is 472 g/mol. The first-order valence-corrected chi connectivity index (χ1v) is 14.2. The second kappa shape index (κ2) is 6.33. The van der Waals surface area contributed by atoms with Gasteiger partial charge >= 0.3 is 0 Å². The molecule has 4 aliphatic carbocycles.